The van der Waals surface area contributed by atoms with Gasteiger partial charge < -0.3 is 15.7 Å². The topological polar surface area (TPSA) is 130 Å². The second-order valence-electron chi connectivity index (χ2n) is 9.05. The number of aliphatic hydroxyl groups excluding tert-OH is 1. The summed E-state index contributed by atoms with van der Waals surface area (Å²) in [5.74, 6) is -2.31. The second-order valence-corrected chi connectivity index (χ2v) is 10.6. The zero-order valence-corrected chi connectivity index (χ0v) is 19.0. The summed E-state index contributed by atoms with van der Waals surface area (Å²) >= 11 is 0. The summed E-state index contributed by atoms with van der Waals surface area (Å²) in [5, 5.41) is 11.2. The Morgan fingerprint density at radius 2 is 1.82 bits per heavy atom. The van der Waals surface area contributed by atoms with E-state index in [0.29, 0.717) is 5.56 Å². The van der Waals surface area contributed by atoms with Gasteiger partial charge in [0.15, 0.2) is 0 Å². The minimum atomic E-state index is -4.32. The van der Waals surface area contributed by atoms with Gasteiger partial charge in [-0.2, -0.15) is 12.8 Å². The molecule has 0 fully saturated rings. The molecule has 0 bridgehead atoms. The molecule has 172 valence electrons. The molecule has 0 aliphatic carbocycles. The first-order valence-corrected chi connectivity index (χ1v) is 11.5. The number of carbonyl (C=O) groups excluding carboxylic acids is 2. The first-order chi connectivity index (χ1) is 15.3. The Bertz CT molecular complexity index is 1360. The van der Waals surface area contributed by atoms with Crippen molar-refractivity contribution in [1.29, 1.82) is 0 Å². The van der Waals surface area contributed by atoms with Crippen molar-refractivity contribution in [1.82, 2.24) is 4.90 Å². The summed E-state index contributed by atoms with van der Waals surface area (Å²) in [7, 11) is -4.32. The Kier molecular flexibility index (Phi) is 5.16. The molecule has 0 aromatic heterocycles. The maximum Gasteiger partial charge on any atom is 0.284 e. The molecule has 2 aliphatic heterocycles. The highest BCUT2D eigenvalue weighted by Gasteiger charge is 2.49. The standard InChI is InChI=1S/C23H22FN3O5S/c1-23(2,3)20-18(28)16(22(30)27(20)11-12-7-9-13(24)10-8-12)17-14-5-4-6-15(21(25)29)19(14)33(31,32)26-17/h4-10,20,28H,11H2,1-3H3,(H2,25,29)/t20-/m1/s1. The van der Waals surface area contributed by atoms with Gasteiger partial charge in [0.05, 0.1) is 11.6 Å². The van der Waals surface area contributed by atoms with Crippen LogP contribution in [0.5, 0.6) is 0 Å². The quantitative estimate of drug-likeness (QED) is 0.708. The number of hydrogen-bond acceptors (Lipinski definition) is 5. The monoisotopic (exact) mass is 471 g/mol. The van der Waals surface area contributed by atoms with Crippen molar-refractivity contribution < 1.29 is 27.5 Å². The molecule has 2 aromatic carbocycles. The smallest absolute Gasteiger partial charge is 0.284 e. The van der Waals surface area contributed by atoms with Crippen LogP contribution in [0.15, 0.2) is 63.1 Å². The van der Waals surface area contributed by atoms with Crippen molar-refractivity contribution in [3.8, 4) is 0 Å². The van der Waals surface area contributed by atoms with Gasteiger partial charge >= 0.3 is 0 Å². The van der Waals surface area contributed by atoms with Gasteiger partial charge in [-0.15, -0.1) is 0 Å². The number of primary amides is 1. The highest BCUT2D eigenvalue weighted by atomic mass is 32.2. The van der Waals surface area contributed by atoms with Crippen molar-refractivity contribution in [2.24, 2.45) is 15.5 Å². The minimum absolute atomic E-state index is 0.0255. The fourth-order valence-corrected chi connectivity index (χ4v) is 5.71. The Hall–Kier alpha value is -3.53. The summed E-state index contributed by atoms with van der Waals surface area (Å²) in [6.45, 7) is 5.54. The molecule has 0 unspecified atom stereocenters. The lowest BCUT2D eigenvalue weighted by atomic mass is 9.84. The van der Waals surface area contributed by atoms with Crippen LogP contribution in [0, 0.1) is 11.2 Å². The van der Waals surface area contributed by atoms with E-state index >= 15 is 0 Å². The van der Waals surface area contributed by atoms with Crippen molar-refractivity contribution in [3.63, 3.8) is 0 Å². The molecular weight excluding hydrogens is 449 g/mol. The molecule has 2 amide bonds. The molecule has 4 rings (SSSR count). The van der Waals surface area contributed by atoms with Gasteiger partial charge in [0, 0.05) is 12.1 Å². The van der Waals surface area contributed by atoms with Gasteiger partial charge in [0.25, 0.3) is 15.9 Å². The van der Waals surface area contributed by atoms with Crippen LogP contribution in [0.2, 0.25) is 0 Å². The van der Waals surface area contributed by atoms with Crippen LogP contribution >= 0.6 is 0 Å². The van der Waals surface area contributed by atoms with Crippen LogP contribution < -0.4 is 5.73 Å². The molecule has 0 saturated carbocycles. The molecule has 33 heavy (non-hydrogen) atoms. The third-order valence-corrected chi connectivity index (χ3v) is 7.01. The van der Waals surface area contributed by atoms with Crippen molar-refractivity contribution >= 4 is 27.5 Å². The number of sulfonamides is 1. The van der Waals surface area contributed by atoms with Crippen LogP contribution in [0.25, 0.3) is 0 Å². The average Bonchev–Trinajstić information content (AvgIpc) is 3.12. The zero-order valence-electron chi connectivity index (χ0n) is 18.2. The van der Waals surface area contributed by atoms with E-state index in [-0.39, 0.29) is 39.6 Å². The lowest BCUT2D eigenvalue weighted by Crippen LogP contribution is -2.43. The number of nitrogens with zero attached hydrogens (tertiary/aromatic N) is 2. The van der Waals surface area contributed by atoms with Gasteiger partial charge in [-0.25, -0.2) is 4.39 Å². The normalized spacial score (nSPS) is 19.6. The molecule has 1 atom stereocenters. The second kappa shape index (κ2) is 7.51. The molecule has 2 aromatic rings. The van der Waals surface area contributed by atoms with E-state index in [9.17, 15) is 27.5 Å². The average molecular weight is 472 g/mol. The summed E-state index contributed by atoms with van der Waals surface area (Å²) < 4.78 is 42.7. The van der Waals surface area contributed by atoms with Crippen LogP contribution in [-0.4, -0.2) is 42.0 Å². The summed E-state index contributed by atoms with van der Waals surface area (Å²) in [4.78, 5) is 26.4. The molecule has 0 spiro atoms. The summed E-state index contributed by atoms with van der Waals surface area (Å²) in [6, 6.07) is 8.92. The van der Waals surface area contributed by atoms with Gasteiger partial charge in [-0.1, -0.05) is 45.0 Å². The molecule has 2 heterocycles. The van der Waals surface area contributed by atoms with E-state index in [0.717, 1.165) is 0 Å². The highest BCUT2D eigenvalue weighted by molar-refractivity contribution is 7.91. The molecule has 0 saturated heterocycles. The van der Waals surface area contributed by atoms with Gasteiger partial charge in [0.2, 0.25) is 5.91 Å². The number of amides is 2. The van der Waals surface area contributed by atoms with Crippen LogP contribution in [-0.2, 0) is 21.4 Å². The van der Waals surface area contributed by atoms with Crippen LogP contribution in [0.3, 0.4) is 0 Å². The third kappa shape index (κ3) is 3.70. The van der Waals surface area contributed by atoms with E-state index < -0.39 is 39.1 Å². The third-order valence-electron chi connectivity index (χ3n) is 5.63. The van der Waals surface area contributed by atoms with Gasteiger partial charge in [0.1, 0.15) is 27.8 Å². The predicted octanol–water partition coefficient (Wildman–Crippen LogP) is 2.69. The maximum absolute atomic E-state index is 13.5. The lowest BCUT2D eigenvalue weighted by molar-refractivity contribution is -0.129. The number of halogens is 1. The number of fused-ring (bicyclic) bond motifs is 1. The molecular formula is C23H22FN3O5S. The first kappa shape index (κ1) is 22.7. The number of benzene rings is 2. The number of nitrogens with two attached hydrogens (primary N) is 1. The Morgan fingerprint density at radius 1 is 1.18 bits per heavy atom. The molecule has 10 heteroatoms. The fraction of sp³-hybridized carbons (Fsp3) is 0.261. The van der Waals surface area contributed by atoms with E-state index in [2.05, 4.69) is 4.40 Å². The maximum atomic E-state index is 13.5. The lowest BCUT2D eigenvalue weighted by Gasteiger charge is -2.35. The zero-order chi connectivity index (χ0) is 24.3. The van der Waals surface area contributed by atoms with Gasteiger partial charge in [-0.3, -0.25) is 9.59 Å². The molecule has 0 radical (unpaired) electrons. The number of carbonyl (C=O) groups is 2. The number of hydrogen-bond donors (Lipinski definition) is 2. The Morgan fingerprint density at radius 3 is 2.39 bits per heavy atom. The number of rotatable bonds is 4. The predicted molar refractivity (Wildman–Crippen MR) is 119 cm³/mol. The van der Waals surface area contributed by atoms with Crippen LogP contribution in [0.4, 0.5) is 4.39 Å². The molecule has 3 N–H and O–H groups in total. The molecule has 8 nitrogen and oxygen atoms in total. The van der Waals surface area contributed by atoms with E-state index in [1.807, 2.05) is 20.8 Å². The highest BCUT2D eigenvalue weighted by Crippen LogP contribution is 2.41. The number of aliphatic hydroxyl groups is 1. The summed E-state index contributed by atoms with van der Waals surface area (Å²) in [5.41, 5.74) is 4.65. The van der Waals surface area contributed by atoms with Crippen molar-refractivity contribution in [2.75, 3.05) is 0 Å². The van der Waals surface area contributed by atoms with Crippen LogP contribution in [0.1, 0.15) is 42.3 Å². The largest absolute Gasteiger partial charge is 0.509 e. The SMILES string of the molecule is CC(C)(C)[C@H]1C(O)=C(C2=NS(=O)(=O)c3c(C(N)=O)cccc32)C(=O)N1Cc1ccc(F)cc1. The Balaban J connectivity index is 1.86. The van der Waals surface area contributed by atoms with E-state index in [4.69, 9.17) is 5.73 Å². The van der Waals surface area contributed by atoms with Crippen molar-refractivity contribution in [2.45, 2.75) is 38.3 Å². The summed E-state index contributed by atoms with van der Waals surface area (Å²) in [6.07, 6.45) is 0. The van der Waals surface area contributed by atoms with Crippen molar-refractivity contribution in [3.05, 3.63) is 76.3 Å². The fourth-order valence-electron chi connectivity index (χ4n) is 4.30. The Labute approximate surface area is 190 Å². The van der Waals surface area contributed by atoms with E-state index in [1.165, 1.54) is 47.4 Å². The van der Waals surface area contributed by atoms with E-state index in [1.54, 1.807) is 0 Å². The first-order valence-electron chi connectivity index (χ1n) is 10.1. The minimum Gasteiger partial charge on any atom is -0.509 e. The van der Waals surface area contributed by atoms with Gasteiger partial charge in [-0.05, 0) is 29.2 Å². The molecule has 2 aliphatic rings.